The van der Waals surface area contributed by atoms with E-state index in [0.29, 0.717) is 0 Å². The van der Waals surface area contributed by atoms with Crippen molar-refractivity contribution in [2.45, 2.75) is 72.8 Å². The molecule has 0 aromatic heterocycles. The fraction of sp³-hybridized carbons (Fsp3) is 1.00. The van der Waals surface area contributed by atoms with E-state index >= 15 is 0 Å². The summed E-state index contributed by atoms with van der Waals surface area (Å²) in [7, 11) is 0. The molecular formula is C15H33NO. The third kappa shape index (κ3) is 10.8. The van der Waals surface area contributed by atoms with Crippen LogP contribution in [0.3, 0.4) is 0 Å². The molecule has 0 fully saturated rings. The van der Waals surface area contributed by atoms with Crippen LogP contribution in [0.2, 0.25) is 0 Å². The van der Waals surface area contributed by atoms with Crippen LogP contribution in [0.15, 0.2) is 0 Å². The van der Waals surface area contributed by atoms with Gasteiger partial charge in [0.05, 0.1) is 6.10 Å². The van der Waals surface area contributed by atoms with Crippen LogP contribution in [0.5, 0.6) is 0 Å². The zero-order chi connectivity index (χ0) is 13.3. The first-order chi connectivity index (χ1) is 7.89. The molecule has 17 heavy (non-hydrogen) atoms. The van der Waals surface area contributed by atoms with Crippen LogP contribution in [-0.2, 0) is 0 Å². The van der Waals surface area contributed by atoms with Gasteiger partial charge in [0, 0.05) is 6.54 Å². The van der Waals surface area contributed by atoms with E-state index < -0.39 is 0 Å². The molecule has 0 heterocycles. The molecule has 0 aliphatic rings. The van der Waals surface area contributed by atoms with Gasteiger partial charge in [0.2, 0.25) is 0 Å². The van der Waals surface area contributed by atoms with Gasteiger partial charge in [-0.1, -0.05) is 53.9 Å². The Morgan fingerprint density at radius 2 is 1.76 bits per heavy atom. The van der Waals surface area contributed by atoms with Gasteiger partial charge in [-0.25, -0.2) is 0 Å². The molecule has 0 aromatic rings. The number of unbranched alkanes of at least 4 members (excludes halogenated alkanes) is 1. The summed E-state index contributed by atoms with van der Waals surface area (Å²) in [5.74, 6) is 0.775. The van der Waals surface area contributed by atoms with Crippen molar-refractivity contribution in [2.24, 2.45) is 11.3 Å². The molecule has 2 unspecified atom stereocenters. The molecule has 0 amide bonds. The van der Waals surface area contributed by atoms with Crippen molar-refractivity contribution < 1.29 is 5.11 Å². The van der Waals surface area contributed by atoms with Gasteiger partial charge in [0.15, 0.2) is 0 Å². The Morgan fingerprint density at radius 1 is 1.12 bits per heavy atom. The molecule has 0 rings (SSSR count). The molecule has 2 heteroatoms. The Morgan fingerprint density at radius 3 is 2.24 bits per heavy atom. The highest BCUT2D eigenvalue weighted by Gasteiger charge is 2.16. The fourth-order valence-electron chi connectivity index (χ4n) is 2.18. The smallest absolute Gasteiger partial charge is 0.0669 e. The Labute approximate surface area is 108 Å². The zero-order valence-electron chi connectivity index (χ0n) is 12.6. The lowest BCUT2D eigenvalue weighted by Gasteiger charge is -2.23. The molecule has 0 radical (unpaired) electrons. The molecule has 0 aliphatic carbocycles. The minimum Gasteiger partial charge on any atom is -0.392 e. The summed E-state index contributed by atoms with van der Waals surface area (Å²) < 4.78 is 0. The van der Waals surface area contributed by atoms with Crippen LogP contribution < -0.4 is 5.32 Å². The first kappa shape index (κ1) is 16.9. The third-order valence-electron chi connectivity index (χ3n) is 3.20. The number of hydrogen-bond donors (Lipinski definition) is 2. The predicted octanol–water partition coefficient (Wildman–Crippen LogP) is 3.59. The van der Waals surface area contributed by atoms with Crippen molar-refractivity contribution in [1.29, 1.82) is 0 Å². The maximum Gasteiger partial charge on any atom is 0.0669 e. The normalized spacial score (nSPS) is 15.9. The number of nitrogens with one attached hydrogen (secondary N) is 1. The first-order valence-corrected chi connectivity index (χ1v) is 7.27. The summed E-state index contributed by atoms with van der Waals surface area (Å²) in [5, 5.41) is 13.3. The average molecular weight is 243 g/mol. The lowest BCUT2D eigenvalue weighted by atomic mass is 9.89. The van der Waals surface area contributed by atoms with Crippen LogP contribution in [-0.4, -0.2) is 24.3 Å². The van der Waals surface area contributed by atoms with E-state index in [2.05, 4.69) is 39.9 Å². The van der Waals surface area contributed by atoms with Crippen molar-refractivity contribution in [3.8, 4) is 0 Å². The van der Waals surface area contributed by atoms with Crippen molar-refractivity contribution in [2.75, 3.05) is 13.1 Å². The number of aliphatic hydroxyl groups is 1. The van der Waals surface area contributed by atoms with Crippen LogP contribution in [0, 0.1) is 11.3 Å². The number of hydrogen-bond acceptors (Lipinski definition) is 2. The monoisotopic (exact) mass is 243 g/mol. The van der Waals surface area contributed by atoms with E-state index in [0.717, 1.165) is 25.4 Å². The molecule has 104 valence electrons. The summed E-state index contributed by atoms with van der Waals surface area (Å²) in [6, 6.07) is 0. The lowest BCUT2D eigenvalue weighted by molar-refractivity contribution is 0.118. The highest BCUT2D eigenvalue weighted by Crippen LogP contribution is 2.20. The van der Waals surface area contributed by atoms with Gasteiger partial charge in [0.25, 0.3) is 0 Å². The van der Waals surface area contributed by atoms with Crippen molar-refractivity contribution in [3.63, 3.8) is 0 Å². The van der Waals surface area contributed by atoms with Crippen molar-refractivity contribution >= 4 is 0 Å². The minimum absolute atomic E-state index is 0.210. The van der Waals surface area contributed by atoms with E-state index in [-0.39, 0.29) is 11.5 Å². The number of aliphatic hydroxyl groups excluding tert-OH is 1. The highest BCUT2D eigenvalue weighted by atomic mass is 16.3. The molecule has 2 atom stereocenters. The predicted molar refractivity (Wildman–Crippen MR) is 76.3 cm³/mol. The van der Waals surface area contributed by atoms with Gasteiger partial charge in [-0.05, 0) is 30.7 Å². The molecule has 0 saturated heterocycles. The number of rotatable bonds is 9. The standard InChI is InChI=1S/C15H33NO/c1-6-8-9-13(7-2)11-16-12-14(17)10-15(3,4)5/h13-14,16-17H,6-12H2,1-5H3. The van der Waals surface area contributed by atoms with Gasteiger partial charge in [0.1, 0.15) is 0 Å². The molecule has 2 N–H and O–H groups in total. The second-order valence-corrected chi connectivity index (χ2v) is 6.49. The first-order valence-electron chi connectivity index (χ1n) is 7.27. The van der Waals surface area contributed by atoms with Gasteiger partial charge in [-0.3, -0.25) is 0 Å². The topological polar surface area (TPSA) is 32.3 Å². The second-order valence-electron chi connectivity index (χ2n) is 6.49. The van der Waals surface area contributed by atoms with E-state index in [1.807, 2.05) is 0 Å². The van der Waals surface area contributed by atoms with E-state index in [4.69, 9.17) is 0 Å². The largest absolute Gasteiger partial charge is 0.392 e. The minimum atomic E-state index is -0.210. The Bertz CT molecular complexity index is 174. The van der Waals surface area contributed by atoms with Crippen LogP contribution in [0.25, 0.3) is 0 Å². The summed E-state index contributed by atoms with van der Waals surface area (Å²) in [6.07, 6.45) is 5.82. The summed E-state index contributed by atoms with van der Waals surface area (Å²) in [4.78, 5) is 0. The zero-order valence-corrected chi connectivity index (χ0v) is 12.6. The van der Waals surface area contributed by atoms with E-state index in [1.54, 1.807) is 0 Å². The van der Waals surface area contributed by atoms with Gasteiger partial charge >= 0.3 is 0 Å². The maximum atomic E-state index is 9.88. The van der Waals surface area contributed by atoms with Gasteiger partial charge in [-0.2, -0.15) is 0 Å². The third-order valence-corrected chi connectivity index (χ3v) is 3.20. The molecular weight excluding hydrogens is 210 g/mol. The summed E-state index contributed by atoms with van der Waals surface area (Å²) >= 11 is 0. The van der Waals surface area contributed by atoms with E-state index in [9.17, 15) is 5.11 Å². The fourth-order valence-corrected chi connectivity index (χ4v) is 2.18. The lowest BCUT2D eigenvalue weighted by Crippen LogP contribution is -2.33. The Hall–Kier alpha value is -0.0800. The summed E-state index contributed by atoms with van der Waals surface area (Å²) in [6.45, 7) is 12.8. The van der Waals surface area contributed by atoms with Crippen LogP contribution in [0.4, 0.5) is 0 Å². The molecule has 0 bridgehead atoms. The molecule has 0 aliphatic heterocycles. The second kappa shape index (κ2) is 8.93. The SMILES string of the molecule is CCCCC(CC)CNCC(O)CC(C)(C)C. The molecule has 0 saturated carbocycles. The van der Waals surface area contributed by atoms with Gasteiger partial charge in [-0.15, -0.1) is 0 Å². The molecule has 2 nitrogen and oxygen atoms in total. The quantitative estimate of drug-likeness (QED) is 0.648. The van der Waals surface area contributed by atoms with E-state index in [1.165, 1.54) is 25.7 Å². The average Bonchev–Trinajstić information content (AvgIpc) is 2.20. The van der Waals surface area contributed by atoms with Gasteiger partial charge < -0.3 is 10.4 Å². The maximum absolute atomic E-state index is 9.88. The summed E-state index contributed by atoms with van der Waals surface area (Å²) in [5.41, 5.74) is 0.216. The van der Waals surface area contributed by atoms with Crippen molar-refractivity contribution in [3.05, 3.63) is 0 Å². The Kier molecular flexibility index (Phi) is 8.89. The van der Waals surface area contributed by atoms with Crippen LogP contribution >= 0.6 is 0 Å². The molecule has 0 aromatic carbocycles. The van der Waals surface area contributed by atoms with Crippen molar-refractivity contribution in [1.82, 2.24) is 5.32 Å². The Balaban J connectivity index is 3.66. The highest BCUT2D eigenvalue weighted by molar-refractivity contribution is 4.71. The molecule has 0 spiro atoms. The van der Waals surface area contributed by atoms with Crippen LogP contribution in [0.1, 0.15) is 66.7 Å².